The number of nitrogens with one attached hydrogen (secondary N) is 1. The van der Waals surface area contributed by atoms with Gasteiger partial charge in [-0.3, -0.25) is 4.79 Å². The molecule has 0 spiro atoms. The molecule has 0 fully saturated rings. The zero-order valence-electron chi connectivity index (χ0n) is 15.6. The molecule has 2 aromatic carbocycles. The van der Waals surface area contributed by atoms with E-state index >= 15 is 0 Å². The van der Waals surface area contributed by atoms with Crippen molar-refractivity contribution in [3.8, 4) is 5.75 Å². The Morgan fingerprint density at radius 3 is 2.23 bits per heavy atom. The van der Waals surface area contributed by atoms with Crippen molar-refractivity contribution >= 4 is 21.9 Å². The van der Waals surface area contributed by atoms with Crippen LogP contribution in [0.3, 0.4) is 0 Å². The third kappa shape index (κ3) is 4.85. The number of carbonyl (C=O) groups is 1. The number of benzene rings is 2. The van der Waals surface area contributed by atoms with Gasteiger partial charge in [0.2, 0.25) is 5.88 Å². The number of hydrogen-bond acceptors (Lipinski definition) is 5. The number of aryl methyl sites for hydroxylation is 2. The first kappa shape index (κ1) is 21.5. The first-order chi connectivity index (χ1) is 14.0. The van der Waals surface area contributed by atoms with Gasteiger partial charge in [-0.05, 0) is 48.2 Å². The summed E-state index contributed by atoms with van der Waals surface area (Å²) in [4.78, 5) is 11.4. The molecule has 0 radical (unpaired) electrons. The number of aliphatic hydroxyl groups is 1. The van der Waals surface area contributed by atoms with E-state index in [1.807, 2.05) is 4.72 Å². The van der Waals surface area contributed by atoms with E-state index in [0.29, 0.717) is 24.0 Å². The minimum atomic E-state index is -4.40. The predicted molar refractivity (Wildman–Crippen MR) is 102 cm³/mol. The monoisotopic (exact) mass is 442 g/mol. The van der Waals surface area contributed by atoms with Crippen molar-refractivity contribution < 1.29 is 36.2 Å². The lowest BCUT2D eigenvalue weighted by atomic mass is 10.0. The minimum Gasteiger partial charge on any atom is -0.493 e. The first-order valence-corrected chi connectivity index (χ1v) is 10.1. The van der Waals surface area contributed by atoms with E-state index < -0.39 is 33.8 Å². The molecule has 11 heteroatoms. The molecule has 0 saturated heterocycles. The smallest absolute Gasteiger partial charge is 0.416 e. The molecule has 160 valence electrons. The fraction of sp³-hybridized carbons (Fsp3) is 0.211. The van der Waals surface area contributed by atoms with Gasteiger partial charge in [-0.2, -0.15) is 21.6 Å². The molecule has 0 amide bonds. The number of halogens is 3. The van der Waals surface area contributed by atoms with E-state index in [9.17, 15) is 31.5 Å². The summed E-state index contributed by atoms with van der Waals surface area (Å²) >= 11 is 0. The van der Waals surface area contributed by atoms with Gasteiger partial charge in [-0.15, -0.1) is 0 Å². The van der Waals surface area contributed by atoms with Crippen LogP contribution in [-0.4, -0.2) is 19.5 Å². The number of anilines is 1. The summed E-state index contributed by atoms with van der Waals surface area (Å²) in [6, 6.07) is 9.28. The number of aliphatic hydroxyl groups excluding tert-OH is 1. The Bertz CT molecular complexity index is 1100. The van der Waals surface area contributed by atoms with E-state index in [-0.39, 0.29) is 11.4 Å². The minimum absolute atomic E-state index is 0.0139. The van der Waals surface area contributed by atoms with Crippen LogP contribution in [-0.2, 0) is 34.0 Å². The van der Waals surface area contributed by atoms with Crippen molar-refractivity contribution in [3.05, 3.63) is 71.2 Å². The first-order valence-electron chi connectivity index (χ1n) is 8.66. The lowest BCUT2D eigenvalue weighted by Gasteiger charge is -2.18. The average Bonchev–Trinajstić information content (AvgIpc) is 2.91. The average molecular weight is 442 g/mol. The second-order valence-electron chi connectivity index (χ2n) is 6.51. The number of hydrogen-bond donors (Lipinski definition) is 2. The van der Waals surface area contributed by atoms with Crippen molar-refractivity contribution in [3.63, 3.8) is 0 Å². The third-order valence-electron chi connectivity index (χ3n) is 4.23. The van der Waals surface area contributed by atoms with Gasteiger partial charge in [-0.25, -0.2) is 9.03 Å². The lowest BCUT2D eigenvalue weighted by Crippen LogP contribution is -2.30. The number of rotatable bonds is 5. The van der Waals surface area contributed by atoms with E-state index in [0.717, 1.165) is 29.6 Å². The van der Waals surface area contributed by atoms with Gasteiger partial charge in [-0.1, -0.05) is 18.2 Å². The molecule has 1 aliphatic heterocycles. The second-order valence-corrected chi connectivity index (χ2v) is 8.06. The summed E-state index contributed by atoms with van der Waals surface area (Å²) in [5.41, 5.74) is 0.637. The standard InChI is InChI=1S/C19H17F3N2O5S/c1-12(25)29-17-10-14(3-2-13-4-7-15(8-5-13)19(20,21)22)6-9-16(17)24-11-18(26)23-30(24,27)28/h4-11,23,26H,2-3H2,1H3. The normalized spacial score (nSPS) is 15.5. The Kier molecular flexibility index (Phi) is 5.66. The van der Waals surface area contributed by atoms with Crippen molar-refractivity contribution in [2.45, 2.75) is 25.9 Å². The molecular weight excluding hydrogens is 425 g/mol. The molecule has 2 aromatic rings. The van der Waals surface area contributed by atoms with E-state index in [1.54, 1.807) is 6.07 Å². The van der Waals surface area contributed by atoms with E-state index in [4.69, 9.17) is 4.74 Å². The van der Waals surface area contributed by atoms with Gasteiger partial charge in [0.25, 0.3) is 0 Å². The van der Waals surface area contributed by atoms with Crippen LogP contribution in [0, 0.1) is 0 Å². The largest absolute Gasteiger partial charge is 0.493 e. The highest BCUT2D eigenvalue weighted by atomic mass is 32.2. The maximum atomic E-state index is 12.7. The molecule has 1 heterocycles. The van der Waals surface area contributed by atoms with Crippen molar-refractivity contribution in [2.24, 2.45) is 0 Å². The summed E-state index contributed by atoms with van der Waals surface area (Å²) in [6.07, 6.45) is -2.65. The molecule has 0 aliphatic carbocycles. The molecule has 0 unspecified atom stereocenters. The second kappa shape index (κ2) is 7.90. The van der Waals surface area contributed by atoms with E-state index in [1.165, 1.54) is 24.3 Å². The SMILES string of the molecule is CC(=O)Oc1cc(CCc2ccc(C(F)(F)F)cc2)ccc1N1C=C(O)NS1(=O)=O. The summed E-state index contributed by atoms with van der Waals surface area (Å²) in [5.74, 6) is -1.30. The fourth-order valence-electron chi connectivity index (χ4n) is 2.87. The van der Waals surface area contributed by atoms with Crippen molar-refractivity contribution in [2.75, 3.05) is 4.31 Å². The maximum absolute atomic E-state index is 12.7. The van der Waals surface area contributed by atoms with Crippen molar-refractivity contribution in [1.82, 2.24) is 4.72 Å². The number of carbonyl (C=O) groups excluding carboxylic acids is 1. The summed E-state index contributed by atoms with van der Waals surface area (Å²) in [7, 11) is -4.07. The zero-order valence-corrected chi connectivity index (χ0v) is 16.4. The zero-order chi connectivity index (χ0) is 22.1. The Hall–Kier alpha value is -3.21. The Morgan fingerprint density at radius 2 is 1.70 bits per heavy atom. The molecule has 0 aromatic heterocycles. The molecule has 2 N–H and O–H groups in total. The van der Waals surface area contributed by atoms with Gasteiger partial charge >= 0.3 is 22.4 Å². The van der Waals surface area contributed by atoms with Gasteiger partial charge in [0.1, 0.15) is 5.69 Å². The fourth-order valence-corrected chi connectivity index (χ4v) is 3.93. The highest BCUT2D eigenvalue weighted by Gasteiger charge is 2.31. The van der Waals surface area contributed by atoms with Gasteiger partial charge in [0, 0.05) is 6.92 Å². The van der Waals surface area contributed by atoms with Crippen LogP contribution >= 0.6 is 0 Å². The summed E-state index contributed by atoms with van der Waals surface area (Å²) in [6.45, 7) is 1.16. The van der Waals surface area contributed by atoms with Crippen LogP contribution in [0.2, 0.25) is 0 Å². The molecular formula is C19H17F3N2O5S. The van der Waals surface area contributed by atoms with Gasteiger partial charge in [0.05, 0.1) is 11.8 Å². The highest BCUT2D eigenvalue weighted by Crippen LogP contribution is 2.34. The number of esters is 1. The third-order valence-corrected chi connectivity index (χ3v) is 5.52. The molecule has 3 rings (SSSR count). The van der Waals surface area contributed by atoms with Crippen LogP contribution in [0.4, 0.5) is 18.9 Å². The predicted octanol–water partition coefficient (Wildman–Crippen LogP) is 3.43. The molecule has 7 nitrogen and oxygen atoms in total. The van der Waals surface area contributed by atoms with Gasteiger partial charge in [0.15, 0.2) is 5.75 Å². The molecule has 1 aliphatic rings. The van der Waals surface area contributed by atoms with Gasteiger partial charge < -0.3 is 9.84 Å². The van der Waals surface area contributed by atoms with Crippen LogP contribution < -0.4 is 13.8 Å². The Morgan fingerprint density at radius 1 is 1.10 bits per heavy atom. The Labute approximate surface area is 170 Å². The molecule has 0 bridgehead atoms. The topological polar surface area (TPSA) is 95.9 Å². The van der Waals surface area contributed by atoms with Crippen LogP contribution in [0.1, 0.15) is 23.6 Å². The lowest BCUT2D eigenvalue weighted by molar-refractivity contribution is -0.137. The number of alkyl halides is 3. The van der Waals surface area contributed by atoms with Crippen LogP contribution in [0.5, 0.6) is 5.75 Å². The van der Waals surface area contributed by atoms with Crippen LogP contribution in [0.15, 0.2) is 54.5 Å². The van der Waals surface area contributed by atoms with E-state index in [2.05, 4.69) is 0 Å². The van der Waals surface area contributed by atoms with Crippen LogP contribution in [0.25, 0.3) is 0 Å². The highest BCUT2D eigenvalue weighted by molar-refractivity contribution is 7.91. The van der Waals surface area contributed by atoms with Crippen molar-refractivity contribution in [1.29, 1.82) is 0 Å². The summed E-state index contributed by atoms with van der Waals surface area (Å²) < 4.78 is 69.9. The summed E-state index contributed by atoms with van der Waals surface area (Å²) in [5, 5.41) is 9.45. The molecule has 30 heavy (non-hydrogen) atoms. The Balaban J connectivity index is 1.82. The molecule has 0 saturated carbocycles. The molecule has 0 atom stereocenters. The maximum Gasteiger partial charge on any atom is 0.416 e. The quantitative estimate of drug-likeness (QED) is 0.547. The number of ether oxygens (including phenoxy) is 1. The number of nitrogens with zero attached hydrogens (tertiary/aromatic N) is 1.